The molecular formula is C25H35N3O4S. The second kappa shape index (κ2) is 10.4. The van der Waals surface area contributed by atoms with Gasteiger partial charge in [0.1, 0.15) is 0 Å². The molecule has 3 aliphatic rings. The molecule has 1 aromatic rings. The van der Waals surface area contributed by atoms with E-state index in [1.807, 2.05) is 17.1 Å². The van der Waals surface area contributed by atoms with Gasteiger partial charge in [0, 0.05) is 31.9 Å². The van der Waals surface area contributed by atoms with Crippen molar-refractivity contribution in [3.05, 3.63) is 35.9 Å². The number of benzene rings is 1. The summed E-state index contributed by atoms with van der Waals surface area (Å²) in [6, 6.07) is 5.06. The number of hydrogen-bond donors (Lipinski definition) is 1. The molecule has 2 saturated heterocycles. The SMILES string of the molecule is Cc1ccc(NC(=O)[C@H]2CC=CC[C@H]2C(=O)N2CCCC2)cc1S(=O)(=O)N1CCCCCC1. The van der Waals surface area contributed by atoms with Crippen molar-refractivity contribution < 1.29 is 18.0 Å². The second-order valence-electron chi connectivity index (χ2n) is 9.48. The van der Waals surface area contributed by atoms with Crippen molar-refractivity contribution in [1.82, 2.24) is 9.21 Å². The number of sulfonamides is 1. The van der Waals surface area contributed by atoms with Crippen molar-refractivity contribution in [2.75, 3.05) is 31.5 Å². The highest BCUT2D eigenvalue weighted by Crippen LogP contribution is 2.31. The third kappa shape index (κ3) is 5.32. The van der Waals surface area contributed by atoms with Crippen LogP contribution in [0.5, 0.6) is 0 Å². The lowest BCUT2D eigenvalue weighted by atomic mass is 9.81. The molecule has 4 rings (SSSR count). The van der Waals surface area contributed by atoms with E-state index >= 15 is 0 Å². The highest BCUT2D eigenvalue weighted by Gasteiger charge is 2.37. The average Bonchev–Trinajstić information content (AvgIpc) is 3.21. The van der Waals surface area contributed by atoms with Crippen molar-refractivity contribution in [1.29, 1.82) is 0 Å². The zero-order valence-corrected chi connectivity index (χ0v) is 20.3. The number of nitrogens with zero attached hydrogens (tertiary/aromatic N) is 2. The fourth-order valence-electron chi connectivity index (χ4n) is 5.16. The summed E-state index contributed by atoms with van der Waals surface area (Å²) >= 11 is 0. The molecule has 1 N–H and O–H groups in total. The molecule has 7 nitrogen and oxygen atoms in total. The van der Waals surface area contributed by atoms with E-state index in [1.54, 1.807) is 29.4 Å². The van der Waals surface area contributed by atoms with Crippen LogP contribution in [0.15, 0.2) is 35.2 Å². The predicted molar refractivity (Wildman–Crippen MR) is 128 cm³/mol. The molecule has 2 aliphatic heterocycles. The van der Waals surface area contributed by atoms with Crippen LogP contribution < -0.4 is 5.32 Å². The Kier molecular flexibility index (Phi) is 7.54. The number of nitrogens with one attached hydrogen (secondary N) is 1. The van der Waals surface area contributed by atoms with Gasteiger partial charge in [0.15, 0.2) is 0 Å². The summed E-state index contributed by atoms with van der Waals surface area (Å²) in [5.74, 6) is -0.974. The molecule has 0 aromatic heterocycles. The van der Waals surface area contributed by atoms with Crippen LogP contribution in [-0.4, -0.2) is 55.6 Å². The lowest BCUT2D eigenvalue weighted by Crippen LogP contribution is -2.42. The normalized spacial score (nSPS) is 24.5. The topological polar surface area (TPSA) is 86.8 Å². The summed E-state index contributed by atoms with van der Waals surface area (Å²) in [4.78, 5) is 28.4. The molecule has 1 aliphatic carbocycles. The van der Waals surface area contributed by atoms with Crippen LogP contribution in [0.4, 0.5) is 5.69 Å². The quantitative estimate of drug-likeness (QED) is 0.661. The smallest absolute Gasteiger partial charge is 0.243 e. The van der Waals surface area contributed by atoms with E-state index in [9.17, 15) is 18.0 Å². The van der Waals surface area contributed by atoms with E-state index in [4.69, 9.17) is 0 Å². The van der Waals surface area contributed by atoms with E-state index in [1.165, 1.54) is 0 Å². The molecule has 2 amide bonds. The predicted octanol–water partition coefficient (Wildman–Crippen LogP) is 3.70. The Hall–Kier alpha value is -2.19. The van der Waals surface area contributed by atoms with Gasteiger partial charge >= 0.3 is 0 Å². The molecule has 0 unspecified atom stereocenters. The molecule has 180 valence electrons. The number of hydrogen-bond acceptors (Lipinski definition) is 4. The summed E-state index contributed by atoms with van der Waals surface area (Å²) in [6.45, 7) is 4.39. The van der Waals surface area contributed by atoms with Crippen LogP contribution >= 0.6 is 0 Å². The summed E-state index contributed by atoms with van der Waals surface area (Å²) in [7, 11) is -3.62. The van der Waals surface area contributed by atoms with Crippen LogP contribution in [0.1, 0.15) is 56.9 Å². The number of rotatable bonds is 5. The Bertz CT molecular complexity index is 1010. The average molecular weight is 474 g/mol. The molecule has 2 fully saturated rings. The molecule has 0 spiro atoms. The summed E-state index contributed by atoms with van der Waals surface area (Å²) in [6.07, 6.45) is 10.9. The van der Waals surface area contributed by atoms with Crippen molar-refractivity contribution in [2.45, 2.75) is 63.2 Å². The Balaban J connectivity index is 1.52. The van der Waals surface area contributed by atoms with E-state index in [-0.39, 0.29) is 22.6 Å². The van der Waals surface area contributed by atoms with Gasteiger partial charge in [-0.2, -0.15) is 4.31 Å². The van der Waals surface area contributed by atoms with E-state index in [0.717, 1.165) is 51.6 Å². The maximum Gasteiger partial charge on any atom is 0.243 e. The second-order valence-corrected chi connectivity index (χ2v) is 11.4. The number of carbonyl (C=O) groups excluding carboxylic acids is 2. The molecule has 0 bridgehead atoms. The number of aryl methyl sites for hydroxylation is 1. The van der Waals surface area contributed by atoms with Gasteiger partial charge in [-0.3, -0.25) is 9.59 Å². The number of amides is 2. The molecule has 2 atom stereocenters. The Morgan fingerprint density at radius 1 is 0.879 bits per heavy atom. The third-order valence-electron chi connectivity index (χ3n) is 7.14. The fraction of sp³-hybridized carbons (Fsp3) is 0.600. The van der Waals surface area contributed by atoms with Crippen LogP contribution in [0, 0.1) is 18.8 Å². The number of anilines is 1. The molecule has 0 saturated carbocycles. The highest BCUT2D eigenvalue weighted by molar-refractivity contribution is 7.89. The standard InChI is InChI=1S/C25H35N3O4S/c1-19-12-13-20(18-23(19)33(31,32)28-16-6-2-3-7-17-28)26-24(29)21-10-4-5-11-22(21)25(30)27-14-8-9-15-27/h4-5,12-13,18,21-22H,2-3,6-11,14-17H2,1H3,(H,26,29)/t21-,22+/m0/s1. The van der Waals surface area contributed by atoms with Gasteiger partial charge in [0.2, 0.25) is 21.8 Å². The van der Waals surface area contributed by atoms with E-state index < -0.39 is 15.9 Å². The van der Waals surface area contributed by atoms with Crippen molar-refractivity contribution in [2.24, 2.45) is 11.8 Å². The molecule has 2 heterocycles. The van der Waals surface area contributed by atoms with E-state index in [2.05, 4.69) is 5.32 Å². The van der Waals surface area contributed by atoms with Gasteiger partial charge in [-0.25, -0.2) is 8.42 Å². The number of carbonyl (C=O) groups is 2. The minimum atomic E-state index is -3.62. The summed E-state index contributed by atoms with van der Waals surface area (Å²) in [5, 5.41) is 2.92. The Labute approximate surface area is 197 Å². The fourth-order valence-corrected chi connectivity index (χ4v) is 6.93. The third-order valence-corrected chi connectivity index (χ3v) is 9.18. The molecule has 33 heavy (non-hydrogen) atoms. The van der Waals surface area contributed by atoms with Gasteiger partial charge in [-0.15, -0.1) is 0 Å². The highest BCUT2D eigenvalue weighted by atomic mass is 32.2. The zero-order chi connectivity index (χ0) is 23.4. The zero-order valence-electron chi connectivity index (χ0n) is 19.5. The summed E-state index contributed by atoms with van der Waals surface area (Å²) in [5.41, 5.74) is 1.13. The lowest BCUT2D eigenvalue weighted by Gasteiger charge is -2.30. The van der Waals surface area contributed by atoms with Gasteiger partial charge in [-0.1, -0.05) is 31.1 Å². The lowest BCUT2D eigenvalue weighted by molar-refractivity contribution is -0.139. The minimum Gasteiger partial charge on any atom is -0.342 e. The van der Waals surface area contributed by atoms with Gasteiger partial charge in [0.05, 0.1) is 16.7 Å². The van der Waals surface area contributed by atoms with Crippen LogP contribution in [-0.2, 0) is 19.6 Å². The Morgan fingerprint density at radius 2 is 1.48 bits per heavy atom. The first-order valence-electron chi connectivity index (χ1n) is 12.2. The van der Waals surface area contributed by atoms with Crippen molar-refractivity contribution in [3.8, 4) is 0 Å². The first-order valence-corrected chi connectivity index (χ1v) is 13.7. The van der Waals surface area contributed by atoms with Gasteiger partial charge in [0.25, 0.3) is 0 Å². The largest absolute Gasteiger partial charge is 0.342 e. The van der Waals surface area contributed by atoms with E-state index in [0.29, 0.717) is 37.2 Å². The maximum absolute atomic E-state index is 13.3. The summed E-state index contributed by atoms with van der Waals surface area (Å²) < 4.78 is 28.3. The first kappa shape index (κ1) is 24.0. The molecule has 8 heteroatoms. The van der Waals surface area contributed by atoms with Crippen LogP contribution in [0.2, 0.25) is 0 Å². The first-order chi connectivity index (χ1) is 15.9. The van der Waals surface area contributed by atoms with Gasteiger partial charge < -0.3 is 10.2 Å². The molecule has 0 radical (unpaired) electrons. The monoisotopic (exact) mass is 473 g/mol. The minimum absolute atomic E-state index is 0.0605. The number of likely N-dealkylation sites (tertiary alicyclic amines) is 1. The molecular weight excluding hydrogens is 438 g/mol. The van der Waals surface area contributed by atoms with Crippen molar-refractivity contribution in [3.63, 3.8) is 0 Å². The maximum atomic E-state index is 13.3. The van der Waals surface area contributed by atoms with Gasteiger partial charge in [-0.05, 0) is 63.1 Å². The van der Waals surface area contributed by atoms with Crippen molar-refractivity contribution >= 4 is 27.5 Å². The number of allylic oxidation sites excluding steroid dienone is 2. The van der Waals surface area contributed by atoms with Crippen LogP contribution in [0.3, 0.4) is 0 Å². The molecule has 1 aromatic carbocycles. The Morgan fingerprint density at radius 3 is 2.15 bits per heavy atom. The van der Waals surface area contributed by atoms with Crippen LogP contribution in [0.25, 0.3) is 0 Å².